The van der Waals surface area contributed by atoms with Crippen LogP contribution in [0.15, 0.2) is 67.0 Å². The van der Waals surface area contributed by atoms with Gasteiger partial charge in [0.25, 0.3) is 0 Å². The summed E-state index contributed by atoms with van der Waals surface area (Å²) in [5.74, 6) is 1.70. The molecule has 0 radical (unpaired) electrons. The summed E-state index contributed by atoms with van der Waals surface area (Å²) >= 11 is 0. The Morgan fingerprint density at radius 2 is 1.39 bits per heavy atom. The predicted octanol–water partition coefficient (Wildman–Crippen LogP) is 8.97. The van der Waals surface area contributed by atoms with Crippen molar-refractivity contribution in [3.05, 3.63) is 95.6 Å². The number of amides is 4. The second kappa shape index (κ2) is 18.0. The van der Waals surface area contributed by atoms with Crippen LogP contribution in [-0.4, -0.2) is 103 Å². The molecule has 4 amide bonds. The number of nitrogens with one attached hydrogen (secondary N) is 4. The predicted molar refractivity (Wildman–Crippen MR) is 264 cm³/mol. The quantitative estimate of drug-likeness (QED) is 0.0972. The molecule has 18 heteroatoms. The molecule has 7 atom stereocenters. The van der Waals surface area contributed by atoms with Crippen LogP contribution in [0.3, 0.4) is 0 Å². The van der Waals surface area contributed by atoms with E-state index in [-0.39, 0.29) is 41.3 Å². The molecular formula is C54H60FN9O8. The fourth-order valence-corrected chi connectivity index (χ4v) is 11.4. The minimum atomic E-state index is -0.779. The van der Waals surface area contributed by atoms with Crippen molar-refractivity contribution in [2.24, 2.45) is 17.8 Å². The van der Waals surface area contributed by atoms with E-state index in [1.165, 1.54) is 20.3 Å². The van der Waals surface area contributed by atoms with E-state index >= 15 is 4.39 Å². The van der Waals surface area contributed by atoms with E-state index in [0.29, 0.717) is 71.8 Å². The lowest BCUT2D eigenvalue weighted by atomic mass is 9.98. The number of benzene rings is 3. The Hall–Kier alpha value is -7.37. The molecule has 1 aliphatic carbocycles. The van der Waals surface area contributed by atoms with Gasteiger partial charge in [-0.15, -0.1) is 0 Å². The van der Waals surface area contributed by atoms with Crippen molar-refractivity contribution in [2.75, 3.05) is 27.3 Å². The van der Waals surface area contributed by atoms with Crippen molar-refractivity contribution >= 4 is 34.9 Å². The number of fused-ring (bicyclic) bond motifs is 7. The number of nitrogens with zero attached hydrogens (tertiary/aromatic N) is 5. The molecule has 4 N–H and O–H groups in total. The zero-order valence-corrected chi connectivity index (χ0v) is 41.5. The van der Waals surface area contributed by atoms with Gasteiger partial charge in [0.1, 0.15) is 46.6 Å². The van der Waals surface area contributed by atoms with Crippen LogP contribution in [0.5, 0.6) is 11.5 Å². The van der Waals surface area contributed by atoms with Gasteiger partial charge in [-0.2, -0.15) is 0 Å². The third-order valence-electron chi connectivity index (χ3n) is 15.5. The number of H-pyrrole nitrogens is 2. The maximum absolute atomic E-state index is 17.1. The number of hydrogen-bond donors (Lipinski definition) is 4. The van der Waals surface area contributed by atoms with Crippen LogP contribution in [0.2, 0.25) is 0 Å². The van der Waals surface area contributed by atoms with Gasteiger partial charge in [-0.05, 0) is 111 Å². The fraction of sp³-hybridized carbons (Fsp3) is 0.444. The summed E-state index contributed by atoms with van der Waals surface area (Å²) in [6, 6.07) is 15.4. The molecule has 3 aromatic heterocycles. The number of carbonyl (C=O) groups is 4. The van der Waals surface area contributed by atoms with Crippen LogP contribution in [0, 0.1) is 23.6 Å². The molecule has 3 unspecified atom stereocenters. The average molecular weight is 982 g/mol. The first kappa shape index (κ1) is 47.0. The Bertz CT molecular complexity index is 3140. The van der Waals surface area contributed by atoms with Gasteiger partial charge in [0, 0.05) is 41.1 Å². The van der Waals surface area contributed by atoms with E-state index in [0.717, 1.165) is 64.7 Å². The molecule has 3 aromatic carbocycles. The molecular weight excluding hydrogens is 922 g/mol. The van der Waals surface area contributed by atoms with Crippen molar-refractivity contribution in [1.82, 2.24) is 44.9 Å². The van der Waals surface area contributed by atoms with Crippen LogP contribution < -0.4 is 20.1 Å². The fourth-order valence-electron chi connectivity index (χ4n) is 11.4. The van der Waals surface area contributed by atoms with Gasteiger partial charge in [0.05, 0.1) is 66.9 Å². The van der Waals surface area contributed by atoms with E-state index in [4.69, 9.17) is 28.9 Å². The lowest BCUT2D eigenvalue weighted by molar-refractivity contribution is -0.136. The normalized spacial score (nSPS) is 22.6. The molecule has 3 fully saturated rings. The summed E-state index contributed by atoms with van der Waals surface area (Å²) in [4.78, 5) is 72.0. The number of aromatic nitrogens is 5. The molecule has 6 aromatic rings. The number of halogens is 1. The highest BCUT2D eigenvalue weighted by atomic mass is 19.1. The summed E-state index contributed by atoms with van der Waals surface area (Å²) in [6.07, 6.45) is 6.28. The molecule has 0 spiro atoms. The molecule has 0 bridgehead atoms. The zero-order valence-electron chi connectivity index (χ0n) is 41.5. The lowest BCUT2D eigenvalue weighted by Gasteiger charge is -2.32. The monoisotopic (exact) mass is 981 g/mol. The van der Waals surface area contributed by atoms with Gasteiger partial charge < -0.3 is 53.9 Å². The lowest BCUT2D eigenvalue weighted by Crippen LogP contribution is -2.51. The summed E-state index contributed by atoms with van der Waals surface area (Å²) in [6.45, 7) is 10.7. The number of aromatic amines is 2. The number of methoxy groups -OCH3 is 2. The molecule has 11 rings (SSSR count). The highest BCUT2D eigenvalue weighted by Crippen LogP contribution is 2.54. The van der Waals surface area contributed by atoms with Crippen LogP contribution in [0.4, 0.5) is 14.0 Å². The molecule has 17 nitrogen and oxygen atoms in total. The first-order valence-electron chi connectivity index (χ1n) is 25.0. The Kier molecular flexibility index (Phi) is 11.8. The van der Waals surface area contributed by atoms with Gasteiger partial charge in [-0.25, -0.2) is 23.9 Å². The van der Waals surface area contributed by atoms with E-state index in [1.807, 2.05) is 64.1 Å². The minimum Gasteiger partial charge on any atom is -0.487 e. The average Bonchev–Trinajstić information content (AvgIpc) is 4.12. The molecule has 7 heterocycles. The van der Waals surface area contributed by atoms with Gasteiger partial charge in [-0.3, -0.25) is 9.59 Å². The van der Waals surface area contributed by atoms with Crippen LogP contribution in [0.1, 0.15) is 108 Å². The summed E-state index contributed by atoms with van der Waals surface area (Å²) in [5, 5.41) is 6.27. The van der Waals surface area contributed by atoms with Crippen LogP contribution in [0.25, 0.3) is 44.7 Å². The van der Waals surface area contributed by atoms with E-state index in [9.17, 15) is 19.2 Å². The van der Waals surface area contributed by atoms with E-state index < -0.39 is 36.3 Å². The van der Waals surface area contributed by atoms with Gasteiger partial charge in [0.15, 0.2) is 0 Å². The second-order valence-corrected chi connectivity index (χ2v) is 20.8. The van der Waals surface area contributed by atoms with Gasteiger partial charge >= 0.3 is 12.2 Å². The Morgan fingerprint density at radius 3 is 1.99 bits per heavy atom. The second-order valence-electron chi connectivity index (χ2n) is 20.8. The third kappa shape index (κ3) is 8.17. The smallest absolute Gasteiger partial charge is 0.407 e. The van der Waals surface area contributed by atoms with Gasteiger partial charge in [0.2, 0.25) is 18.0 Å². The van der Waals surface area contributed by atoms with Crippen molar-refractivity contribution in [1.29, 1.82) is 0 Å². The molecule has 376 valence electrons. The number of imidazole rings is 2. The van der Waals surface area contributed by atoms with E-state index in [1.54, 1.807) is 22.2 Å². The molecule has 2 saturated heterocycles. The first-order chi connectivity index (χ1) is 34.6. The van der Waals surface area contributed by atoms with Crippen LogP contribution >= 0.6 is 0 Å². The summed E-state index contributed by atoms with van der Waals surface area (Å²) in [5.41, 5.74) is 6.42. The molecule has 4 aliphatic heterocycles. The van der Waals surface area contributed by atoms with Crippen molar-refractivity contribution < 1.29 is 42.5 Å². The molecule has 5 aliphatic rings. The number of hydrogen-bond acceptors (Lipinski definition) is 10. The molecule has 1 saturated carbocycles. The Labute approximate surface area is 416 Å². The number of alkyl carbamates (subject to hydrolysis) is 2. The summed E-state index contributed by atoms with van der Waals surface area (Å²) in [7, 11) is 2.55. The van der Waals surface area contributed by atoms with Crippen molar-refractivity contribution in [3.63, 3.8) is 0 Å². The minimum absolute atomic E-state index is 0.121. The van der Waals surface area contributed by atoms with Crippen molar-refractivity contribution in [3.8, 4) is 45.3 Å². The Balaban J connectivity index is 0.928. The SMILES string of the molecule is COC(=O)N[C@H](C(=O)N1CCC[C@H]1c1ncc(-c2cc(F)c3c(c2)OC(c2ccc4c(c2)CC2CC2(C)O4)n2c-3cc3cc(-c4cnc([C@@H]5CCCN5C(=O)[C@@H](NC(=O)OC)C(C)C)[nH]4)ccc32)[nH]1)C(C)C. The maximum Gasteiger partial charge on any atom is 0.407 e. The topological polar surface area (TPSA) is 198 Å². The van der Waals surface area contributed by atoms with Crippen LogP contribution in [-0.2, 0) is 25.5 Å². The molecule has 72 heavy (non-hydrogen) atoms. The van der Waals surface area contributed by atoms with Crippen molar-refractivity contribution in [2.45, 2.75) is 109 Å². The largest absolute Gasteiger partial charge is 0.487 e. The first-order valence-corrected chi connectivity index (χ1v) is 25.0. The standard InChI is InChI=1S/C54H60FN9O8/c1-27(2)45(60-52(67)69-6)49(65)62-16-8-10-39(62)47-56-25-36(58-47)29-12-14-38-32(18-29)22-41-44-35(55)21-31(23-43(44)71-51(64(38)41)30-13-15-42-33(19-30)20-34-24-54(34,5)72-42)37-26-57-48(59-37)40-11-9-17-63(40)50(66)46(28(3)4)61-53(68)70-7/h12-15,18-19,21-23,25-28,34,39-40,45-46,51H,8-11,16-17,20,24H2,1-7H3,(H,56,58)(H,57,59)(H,60,67)(H,61,68)/t34?,39-,40-,45-,46-,51?,54?/m0/s1. The van der Waals surface area contributed by atoms with E-state index in [2.05, 4.69) is 44.2 Å². The van der Waals surface area contributed by atoms with Gasteiger partial charge in [-0.1, -0.05) is 33.8 Å². The summed E-state index contributed by atoms with van der Waals surface area (Å²) < 4.78 is 42.2. The highest BCUT2D eigenvalue weighted by molar-refractivity contribution is 5.93. The third-order valence-corrected chi connectivity index (χ3v) is 15.5. The highest BCUT2D eigenvalue weighted by Gasteiger charge is 2.55. The Morgan fingerprint density at radius 1 is 0.778 bits per heavy atom. The number of likely N-dealkylation sites (tertiary alicyclic amines) is 2. The maximum atomic E-state index is 17.1. The number of carbonyl (C=O) groups excluding carboxylic acids is 4. The number of ether oxygens (including phenoxy) is 4. The zero-order chi connectivity index (χ0) is 50.3. The number of rotatable bonds is 11.